The maximum Gasteiger partial charge on any atom is 0.402 e. The Morgan fingerprint density at radius 1 is 1.38 bits per heavy atom. The molecule has 9 heteroatoms. The summed E-state index contributed by atoms with van der Waals surface area (Å²) in [6.45, 7) is -0.331. The van der Waals surface area contributed by atoms with Crippen LogP contribution in [0.15, 0.2) is 23.1 Å². The molecule has 0 atom stereocenters. The minimum Gasteiger partial charge on any atom is -0.399 e. The second kappa shape index (κ2) is 6.32. The van der Waals surface area contributed by atoms with Crippen LogP contribution in [0.25, 0.3) is 0 Å². The number of nitrogen functional groups attached to an aromatic ring is 1. The van der Waals surface area contributed by atoms with E-state index in [0.29, 0.717) is 4.31 Å². The lowest BCUT2D eigenvalue weighted by molar-refractivity contribution is -0.136. The van der Waals surface area contributed by atoms with Crippen molar-refractivity contribution in [2.24, 2.45) is 0 Å². The smallest absolute Gasteiger partial charge is 0.399 e. The Morgan fingerprint density at radius 2 is 2.00 bits per heavy atom. The average molecular weight is 321 g/mol. The summed E-state index contributed by atoms with van der Waals surface area (Å²) < 4.78 is 62.6. The average Bonchev–Trinajstić information content (AvgIpc) is 2.36. The van der Waals surface area contributed by atoms with E-state index in [-0.39, 0.29) is 24.2 Å². The quantitative estimate of drug-likeness (QED) is 0.841. The zero-order chi connectivity index (χ0) is 16.3. The molecule has 21 heavy (non-hydrogen) atoms. The van der Waals surface area contributed by atoms with Gasteiger partial charge in [-0.25, -0.2) is 8.42 Å². The molecule has 0 aliphatic carbocycles. The minimum absolute atomic E-state index is 0.156. The lowest BCUT2D eigenvalue weighted by Crippen LogP contribution is -2.39. The lowest BCUT2D eigenvalue weighted by Gasteiger charge is -2.23. The highest BCUT2D eigenvalue weighted by Gasteiger charge is 2.37. The maximum atomic E-state index is 12.5. The zero-order valence-corrected chi connectivity index (χ0v) is 12.0. The van der Waals surface area contributed by atoms with Crippen molar-refractivity contribution in [2.75, 3.05) is 18.8 Å². The zero-order valence-electron chi connectivity index (χ0n) is 11.2. The predicted octanol–water partition coefficient (Wildman–Crippen LogP) is 2.10. The molecule has 0 aliphatic rings. The van der Waals surface area contributed by atoms with Crippen molar-refractivity contribution < 1.29 is 21.6 Å². The van der Waals surface area contributed by atoms with E-state index < -0.39 is 27.6 Å². The van der Waals surface area contributed by atoms with Gasteiger partial charge in [0.2, 0.25) is 10.0 Å². The Morgan fingerprint density at radius 3 is 2.48 bits per heavy atom. The molecule has 0 bridgehead atoms. The van der Waals surface area contributed by atoms with Crippen LogP contribution in [0.2, 0.25) is 0 Å². The predicted molar refractivity (Wildman–Crippen MR) is 70.7 cm³/mol. The largest absolute Gasteiger partial charge is 0.402 e. The number of sulfonamides is 1. The van der Waals surface area contributed by atoms with E-state index >= 15 is 0 Å². The highest BCUT2D eigenvalue weighted by atomic mass is 32.2. The summed E-state index contributed by atoms with van der Waals surface area (Å²) in [6, 6.07) is 5.02. The molecule has 0 aromatic heterocycles. The summed E-state index contributed by atoms with van der Waals surface area (Å²) in [6.07, 6.45) is -4.45. The fraction of sp³-hybridized carbons (Fsp3) is 0.417. The molecule has 116 valence electrons. The van der Waals surface area contributed by atoms with E-state index in [1.165, 1.54) is 6.07 Å². The van der Waals surface area contributed by atoms with Gasteiger partial charge in [-0.15, -0.1) is 0 Å². The number of rotatable bonds is 5. The van der Waals surface area contributed by atoms with Gasteiger partial charge in [-0.05, 0) is 24.6 Å². The van der Waals surface area contributed by atoms with E-state index in [1.807, 2.05) is 0 Å². The summed E-state index contributed by atoms with van der Waals surface area (Å²) in [4.78, 5) is -0.475. The molecular weight excluding hydrogens is 307 g/mol. The lowest BCUT2D eigenvalue weighted by atomic mass is 10.2. The molecule has 0 saturated heterocycles. The van der Waals surface area contributed by atoms with E-state index in [0.717, 1.165) is 12.1 Å². The second-order valence-electron chi connectivity index (χ2n) is 4.32. The van der Waals surface area contributed by atoms with Gasteiger partial charge in [0.1, 0.15) is 17.5 Å². The van der Waals surface area contributed by atoms with E-state index in [2.05, 4.69) is 0 Å². The summed E-state index contributed by atoms with van der Waals surface area (Å²) in [5.41, 5.74) is 5.32. The number of hydrogen-bond acceptors (Lipinski definition) is 4. The van der Waals surface area contributed by atoms with Crippen molar-refractivity contribution in [3.63, 3.8) is 0 Å². The van der Waals surface area contributed by atoms with Crippen molar-refractivity contribution in [3.8, 4) is 6.07 Å². The van der Waals surface area contributed by atoms with Gasteiger partial charge in [-0.2, -0.15) is 22.7 Å². The number of alkyl halides is 3. The third-order valence-corrected chi connectivity index (χ3v) is 4.47. The molecule has 1 aromatic rings. The molecule has 0 fully saturated rings. The molecule has 1 rings (SSSR count). The Kier molecular flexibility index (Phi) is 5.20. The highest BCUT2D eigenvalue weighted by Crippen LogP contribution is 2.26. The summed E-state index contributed by atoms with van der Waals surface area (Å²) in [5.74, 6) is 0. The first-order valence-electron chi connectivity index (χ1n) is 5.98. The van der Waals surface area contributed by atoms with Crippen molar-refractivity contribution in [2.45, 2.75) is 24.4 Å². The highest BCUT2D eigenvalue weighted by molar-refractivity contribution is 7.89. The Hall–Kier alpha value is -1.79. The molecule has 1 aromatic carbocycles. The number of halogens is 3. The number of hydrogen-bond donors (Lipinski definition) is 1. The number of anilines is 1. The number of nitriles is 1. The van der Waals surface area contributed by atoms with Gasteiger partial charge in [-0.3, -0.25) is 0 Å². The maximum absolute atomic E-state index is 12.5. The molecule has 0 heterocycles. The fourth-order valence-corrected chi connectivity index (χ4v) is 3.37. The fourth-order valence-electron chi connectivity index (χ4n) is 1.73. The molecule has 2 N–H and O–H groups in total. The van der Waals surface area contributed by atoms with Crippen LogP contribution in [-0.4, -0.2) is 32.0 Å². The molecule has 0 spiro atoms. The van der Waals surface area contributed by atoms with Crippen LogP contribution in [0.3, 0.4) is 0 Å². The number of benzene rings is 1. The van der Waals surface area contributed by atoms with Crippen LogP contribution in [-0.2, 0) is 10.0 Å². The van der Waals surface area contributed by atoms with Crippen molar-refractivity contribution in [3.05, 3.63) is 23.8 Å². The summed E-state index contributed by atoms with van der Waals surface area (Å²) in [7, 11) is -4.42. The van der Waals surface area contributed by atoms with Gasteiger partial charge >= 0.3 is 6.18 Å². The SMILES string of the molecule is CCCN(CC(F)(F)F)S(=O)(=O)c1ccc(N)cc1C#N. The van der Waals surface area contributed by atoms with Crippen LogP contribution in [0.1, 0.15) is 18.9 Å². The van der Waals surface area contributed by atoms with Crippen molar-refractivity contribution in [1.82, 2.24) is 4.31 Å². The summed E-state index contributed by atoms with van der Waals surface area (Å²) in [5, 5.41) is 8.94. The third-order valence-electron chi connectivity index (χ3n) is 2.57. The van der Waals surface area contributed by atoms with E-state index in [9.17, 15) is 21.6 Å². The standard InChI is InChI=1S/C12H14F3N3O2S/c1-2-5-18(8-12(13,14)15)21(19,20)11-4-3-10(17)6-9(11)7-16/h3-4,6H,2,5,8,17H2,1H3. The van der Waals surface area contributed by atoms with Gasteiger partial charge in [-0.1, -0.05) is 6.92 Å². The third kappa shape index (κ3) is 4.34. The minimum atomic E-state index is -4.66. The van der Waals surface area contributed by atoms with Gasteiger partial charge in [0.15, 0.2) is 0 Å². The molecule has 0 amide bonds. The monoisotopic (exact) mass is 321 g/mol. The first kappa shape index (κ1) is 17.3. The van der Waals surface area contributed by atoms with Crippen LogP contribution in [0, 0.1) is 11.3 Å². The molecule has 0 radical (unpaired) electrons. The molecule has 0 aliphatic heterocycles. The first-order chi connectivity index (χ1) is 9.61. The number of nitrogens with zero attached hydrogens (tertiary/aromatic N) is 2. The van der Waals surface area contributed by atoms with Crippen molar-refractivity contribution >= 4 is 15.7 Å². The Bertz CT molecular complexity index is 651. The normalized spacial score (nSPS) is 12.4. The van der Waals surface area contributed by atoms with Crippen LogP contribution in [0.4, 0.5) is 18.9 Å². The molecule has 0 unspecified atom stereocenters. The van der Waals surface area contributed by atoms with E-state index in [1.54, 1.807) is 13.0 Å². The van der Waals surface area contributed by atoms with Crippen LogP contribution < -0.4 is 5.73 Å². The second-order valence-corrected chi connectivity index (χ2v) is 6.23. The Labute approximate surface area is 120 Å². The molecule has 0 saturated carbocycles. The van der Waals surface area contributed by atoms with Crippen molar-refractivity contribution in [1.29, 1.82) is 5.26 Å². The van der Waals surface area contributed by atoms with E-state index in [4.69, 9.17) is 11.0 Å². The van der Waals surface area contributed by atoms with Crippen LogP contribution in [0.5, 0.6) is 0 Å². The molecular formula is C12H14F3N3O2S. The van der Waals surface area contributed by atoms with Gasteiger partial charge in [0.05, 0.1) is 5.56 Å². The topological polar surface area (TPSA) is 87.2 Å². The van der Waals surface area contributed by atoms with Gasteiger partial charge < -0.3 is 5.73 Å². The first-order valence-corrected chi connectivity index (χ1v) is 7.42. The van der Waals surface area contributed by atoms with Crippen LogP contribution >= 0.6 is 0 Å². The summed E-state index contributed by atoms with van der Waals surface area (Å²) >= 11 is 0. The molecule has 5 nitrogen and oxygen atoms in total. The Balaban J connectivity index is 3.33. The number of nitrogens with two attached hydrogens (primary N) is 1. The van der Waals surface area contributed by atoms with Gasteiger partial charge in [0.25, 0.3) is 0 Å². The van der Waals surface area contributed by atoms with Gasteiger partial charge in [0, 0.05) is 12.2 Å².